The Labute approximate surface area is 655 Å². The molecule has 554 valence electrons. The summed E-state index contributed by atoms with van der Waals surface area (Å²) < 4.78 is 9.87. The molecule has 0 spiro atoms. The Balaban J connectivity index is 0.000000174. The summed E-state index contributed by atoms with van der Waals surface area (Å²) in [5.41, 5.74) is 17.5. The summed E-state index contributed by atoms with van der Waals surface area (Å²) in [4.78, 5) is 115. The van der Waals surface area contributed by atoms with Crippen molar-refractivity contribution in [2.75, 3.05) is 36.6 Å². The molecule has 12 rings (SSSR count). The minimum Gasteiger partial charge on any atom is -0.469 e. The fraction of sp³-hybridized carbons (Fsp3) is 0.261. The van der Waals surface area contributed by atoms with Gasteiger partial charge in [0.15, 0.2) is 17.1 Å². The highest BCUT2D eigenvalue weighted by Gasteiger charge is 2.46. The van der Waals surface area contributed by atoms with Gasteiger partial charge in [0.05, 0.1) is 14.2 Å². The molecule has 16 nitrogen and oxygen atoms in total. The molecule has 3 aliphatic rings. The lowest BCUT2D eigenvalue weighted by molar-refractivity contribution is -0.142. The third-order valence-corrected chi connectivity index (χ3v) is 21.5. The maximum Gasteiger partial charge on any atom is 0.332 e. The molecule has 0 N–H and O–H groups in total. The van der Waals surface area contributed by atoms with Gasteiger partial charge in [-0.05, 0) is 161 Å². The van der Waals surface area contributed by atoms with E-state index in [0.717, 1.165) is 90.3 Å². The van der Waals surface area contributed by atoms with Gasteiger partial charge in [-0.3, -0.25) is 24.0 Å². The number of oxime groups is 3. The highest BCUT2D eigenvalue weighted by atomic mass is 79.9. The largest absolute Gasteiger partial charge is 0.469 e. The monoisotopic (exact) mass is 1620 g/mol. The van der Waals surface area contributed by atoms with E-state index in [4.69, 9.17) is 47.2 Å². The molecule has 0 radical (unpaired) electrons. The second-order valence-corrected chi connectivity index (χ2v) is 28.9. The number of Topliss-reactive ketones (excluding diaryl/α,β-unsaturated/α-hetero) is 3. The number of benzene rings is 9. The quantitative estimate of drug-likeness (QED) is 0.0123. The number of methoxy groups -OCH3 is 2. The van der Waals surface area contributed by atoms with Crippen molar-refractivity contribution in [3.8, 4) is 33.4 Å². The van der Waals surface area contributed by atoms with Gasteiger partial charge in [0.25, 0.3) is 0 Å². The van der Waals surface area contributed by atoms with E-state index in [0.29, 0.717) is 70.8 Å². The van der Waals surface area contributed by atoms with Crippen LogP contribution in [-0.2, 0) is 64.2 Å². The van der Waals surface area contributed by atoms with Crippen molar-refractivity contribution >= 4 is 119 Å². The van der Waals surface area contributed by atoms with E-state index in [9.17, 15) is 38.4 Å². The number of fused-ring (bicyclic) bond motifs is 9. The minimum atomic E-state index is -0.750. The molecule has 0 unspecified atom stereocenters. The summed E-state index contributed by atoms with van der Waals surface area (Å²) in [6.07, 6.45) is 4.19. The topological polar surface area (TPSA) is 220 Å². The van der Waals surface area contributed by atoms with Gasteiger partial charge in [-0.25, -0.2) is 14.4 Å². The summed E-state index contributed by atoms with van der Waals surface area (Å²) >= 11 is 19.9. The maximum atomic E-state index is 13.9. The number of ketones is 3. The van der Waals surface area contributed by atoms with E-state index in [1.54, 1.807) is 36.4 Å². The van der Waals surface area contributed by atoms with E-state index in [-0.39, 0.29) is 64.3 Å². The molecule has 9 aromatic carbocycles. The first kappa shape index (κ1) is 80.4. The molecule has 0 atom stereocenters. The first-order valence-corrected chi connectivity index (χ1v) is 38.6. The van der Waals surface area contributed by atoms with Gasteiger partial charge in [-0.15, -0.1) is 23.2 Å². The standard InChI is InChI=1S/C32H31NO7.C28H25Br2NO3.C28H25Cl2NO3/c1-20-9-5-6-10-23(20)30(33-40-21(2)34)31(37)22-13-14-25-24-11-7-8-12-26(24)32(27(25)19-22,17-15-28(35)38-3)18-16-29(36)39-4;2*1-18-7-3-4-8-21(18)26(31-34-19(2)32)27(33)20-11-12-23-22-9-5-6-10-24(22)28(13-15-29,14-16-30)25(23)17-20/h5-14,19H,15-18H2,1-4H3;2*3-12,17H,13-16H2,1-2H3/b33-30+;2*31-26+. The maximum absolute atomic E-state index is 13.9. The summed E-state index contributed by atoms with van der Waals surface area (Å²) in [6.45, 7) is 9.37. The van der Waals surface area contributed by atoms with Gasteiger partial charge < -0.3 is 24.0 Å². The van der Waals surface area contributed by atoms with Crippen LogP contribution in [0.15, 0.2) is 216 Å². The Hall–Kier alpha value is -10.1. The number of alkyl halides is 4. The van der Waals surface area contributed by atoms with E-state index in [1.165, 1.54) is 51.7 Å². The minimum absolute atomic E-state index is 0.00140. The SMILES string of the molecule is CC(=O)O/N=C(/C(=O)c1ccc2c(c1)C(CCBr)(CCBr)c1ccccc1-2)c1ccccc1C.CC(=O)O/N=C(/C(=O)c1ccc2c(c1)C(CCCl)(CCCl)c1ccccc1-2)c1ccccc1C.COC(=O)CCC1(CCC(=O)OC)c2ccccc2-c2ccc(C(=O)/C(=N/OC(C)=O)c3ccccc3C)cc21. The summed E-state index contributed by atoms with van der Waals surface area (Å²) in [5, 5.41) is 13.5. The van der Waals surface area contributed by atoms with Crippen molar-refractivity contribution in [1.29, 1.82) is 0 Å². The fourth-order valence-corrected chi connectivity index (χ4v) is 17.2. The lowest BCUT2D eigenvalue weighted by Crippen LogP contribution is -2.28. The molecule has 0 bridgehead atoms. The average molecular weight is 1620 g/mol. The van der Waals surface area contributed by atoms with Gasteiger partial charge >= 0.3 is 29.8 Å². The number of carbonyl (C=O) groups excluding carboxylic acids is 8. The van der Waals surface area contributed by atoms with Crippen LogP contribution in [0.25, 0.3) is 33.4 Å². The number of nitrogens with zero attached hydrogens (tertiary/aromatic N) is 3. The number of ether oxygens (including phenoxy) is 2. The van der Waals surface area contributed by atoms with Crippen molar-refractivity contribution in [1.82, 2.24) is 0 Å². The Kier molecular flexibility index (Phi) is 27.0. The van der Waals surface area contributed by atoms with Crippen molar-refractivity contribution in [3.05, 3.63) is 284 Å². The van der Waals surface area contributed by atoms with Gasteiger partial charge in [-0.1, -0.05) is 229 Å². The third-order valence-electron chi connectivity index (χ3n) is 20.3. The molecule has 9 aromatic rings. The predicted octanol–water partition coefficient (Wildman–Crippen LogP) is 19.0. The Morgan fingerprint density at radius 3 is 0.870 bits per heavy atom. The van der Waals surface area contributed by atoms with Crippen LogP contribution in [0.3, 0.4) is 0 Å². The first-order valence-electron chi connectivity index (χ1n) is 35.3. The van der Waals surface area contributed by atoms with Crippen molar-refractivity contribution in [2.24, 2.45) is 15.5 Å². The normalized spacial score (nSPS) is 13.6. The van der Waals surface area contributed by atoms with Crippen molar-refractivity contribution in [3.63, 3.8) is 0 Å². The van der Waals surface area contributed by atoms with Gasteiger partial charge in [0.2, 0.25) is 17.3 Å². The second kappa shape index (κ2) is 36.2. The summed E-state index contributed by atoms with van der Waals surface area (Å²) in [5.74, 6) is -2.64. The smallest absolute Gasteiger partial charge is 0.332 e. The number of hydrogen-bond acceptors (Lipinski definition) is 16. The van der Waals surface area contributed by atoms with E-state index in [2.05, 4.69) is 83.7 Å². The molecular weight excluding hydrogens is 1540 g/mol. The zero-order valence-corrected chi connectivity index (χ0v) is 65.9. The summed E-state index contributed by atoms with van der Waals surface area (Å²) in [6, 6.07) is 63.6. The molecule has 108 heavy (non-hydrogen) atoms. The van der Waals surface area contributed by atoms with Crippen LogP contribution in [0.1, 0.15) is 170 Å². The van der Waals surface area contributed by atoms with E-state index in [1.807, 2.05) is 148 Å². The Bertz CT molecular complexity index is 4830. The zero-order chi connectivity index (χ0) is 77.5. The number of hydrogen-bond donors (Lipinski definition) is 0. The molecule has 3 aliphatic carbocycles. The lowest BCUT2D eigenvalue weighted by atomic mass is 9.71. The molecule has 0 aliphatic heterocycles. The molecule has 0 saturated heterocycles. The van der Waals surface area contributed by atoms with Crippen LogP contribution in [-0.4, -0.2) is 101 Å². The molecule has 0 aromatic heterocycles. The van der Waals surface area contributed by atoms with Crippen LogP contribution >= 0.6 is 55.1 Å². The van der Waals surface area contributed by atoms with Crippen molar-refractivity contribution in [2.45, 2.75) is 109 Å². The first-order chi connectivity index (χ1) is 52.1. The molecular formula is C88H81Br2Cl2N3O13. The number of halogens is 4. The molecule has 0 fully saturated rings. The fourth-order valence-electron chi connectivity index (χ4n) is 15.2. The van der Waals surface area contributed by atoms with Crippen LogP contribution in [0.2, 0.25) is 0 Å². The highest BCUT2D eigenvalue weighted by Crippen LogP contribution is 2.57. The molecule has 0 amide bonds. The highest BCUT2D eigenvalue weighted by molar-refractivity contribution is 9.09. The van der Waals surface area contributed by atoms with Crippen LogP contribution < -0.4 is 0 Å². The lowest BCUT2D eigenvalue weighted by Gasteiger charge is -2.32. The Morgan fingerprint density at radius 1 is 0.343 bits per heavy atom. The molecule has 0 heterocycles. The second-order valence-electron chi connectivity index (χ2n) is 26.6. The van der Waals surface area contributed by atoms with Crippen LogP contribution in [0.4, 0.5) is 0 Å². The van der Waals surface area contributed by atoms with Crippen LogP contribution in [0, 0.1) is 20.8 Å². The van der Waals surface area contributed by atoms with E-state index < -0.39 is 29.1 Å². The van der Waals surface area contributed by atoms with E-state index >= 15 is 0 Å². The number of carbonyl (C=O) groups is 8. The molecule has 0 saturated carbocycles. The third kappa shape index (κ3) is 16.9. The Morgan fingerprint density at radius 2 is 0.602 bits per heavy atom. The number of esters is 2. The predicted molar refractivity (Wildman–Crippen MR) is 429 cm³/mol. The zero-order valence-electron chi connectivity index (χ0n) is 61.2. The average Bonchev–Trinajstić information content (AvgIpc) is 1.58. The van der Waals surface area contributed by atoms with Crippen LogP contribution in [0.5, 0.6) is 0 Å². The number of rotatable bonds is 26. The number of aryl methyl sites for hydroxylation is 3. The van der Waals surface area contributed by atoms with Gasteiger partial charge in [0, 0.05) is 106 Å². The summed E-state index contributed by atoms with van der Waals surface area (Å²) in [7, 11) is 2.68. The van der Waals surface area contributed by atoms with Gasteiger partial charge in [0.1, 0.15) is 0 Å². The van der Waals surface area contributed by atoms with Crippen molar-refractivity contribution < 1.29 is 62.3 Å². The van der Waals surface area contributed by atoms with Gasteiger partial charge in [-0.2, -0.15) is 0 Å². The molecule has 20 heteroatoms.